The molecule has 2 aliphatic heterocycles. The molecule has 1 fully saturated rings. The number of nitrogens with zero attached hydrogens (tertiary/aromatic N) is 2. The summed E-state index contributed by atoms with van der Waals surface area (Å²) in [5.74, 6) is -0.525. The number of carbonyl (C=O) groups is 1. The lowest BCUT2D eigenvalue weighted by Crippen LogP contribution is -2.20. The van der Waals surface area contributed by atoms with E-state index in [1.807, 2.05) is 24.3 Å². The normalized spacial score (nSPS) is 18.9. The Morgan fingerprint density at radius 2 is 1.97 bits per heavy atom. The average Bonchev–Trinajstić information content (AvgIpc) is 3.54. The van der Waals surface area contributed by atoms with Crippen LogP contribution in [0.5, 0.6) is 0 Å². The van der Waals surface area contributed by atoms with Crippen LogP contribution in [-0.2, 0) is 4.79 Å². The van der Waals surface area contributed by atoms with E-state index in [9.17, 15) is 15.0 Å². The third-order valence-electron chi connectivity index (χ3n) is 6.32. The second-order valence-corrected chi connectivity index (χ2v) is 8.90. The standard InChI is InChI=1S/C26H20ClN3O4/c27-19-11-20-18(10-17(19)14-3-5-15(6-4-14)30-9-7-16(31)13-30)24(26(33)29-20)25(32)23-12-21-22(34-23)2-1-8-28-21/h1-6,8,10-12,16,31-32H,7,9,13H2,(H,29,33)/t16-/m0/s1. The number of hydrogen-bond acceptors (Lipinski definition) is 6. The van der Waals surface area contributed by atoms with Crippen molar-refractivity contribution in [2.75, 3.05) is 23.3 Å². The van der Waals surface area contributed by atoms with Crippen LogP contribution >= 0.6 is 11.6 Å². The summed E-state index contributed by atoms with van der Waals surface area (Å²) in [6.45, 7) is 1.44. The van der Waals surface area contributed by atoms with Crippen molar-refractivity contribution in [1.82, 2.24) is 4.98 Å². The van der Waals surface area contributed by atoms with Gasteiger partial charge in [-0.15, -0.1) is 0 Å². The van der Waals surface area contributed by atoms with E-state index in [2.05, 4.69) is 15.2 Å². The largest absolute Gasteiger partial charge is 0.504 e. The van der Waals surface area contributed by atoms with Crippen LogP contribution in [0.1, 0.15) is 17.7 Å². The van der Waals surface area contributed by atoms with Gasteiger partial charge in [0.2, 0.25) is 0 Å². The number of benzene rings is 2. The molecule has 6 rings (SSSR count). The molecule has 4 aromatic rings. The maximum Gasteiger partial charge on any atom is 0.260 e. The van der Waals surface area contributed by atoms with Crippen molar-refractivity contribution in [3.8, 4) is 11.1 Å². The number of aromatic nitrogens is 1. The van der Waals surface area contributed by atoms with E-state index in [0.29, 0.717) is 33.9 Å². The van der Waals surface area contributed by atoms with Crippen LogP contribution in [0, 0.1) is 0 Å². The Morgan fingerprint density at radius 1 is 1.15 bits per heavy atom. The maximum atomic E-state index is 12.8. The number of hydrogen-bond donors (Lipinski definition) is 3. The third-order valence-corrected chi connectivity index (χ3v) is 6.63. The van der Waals surface area contributed by atoms with E-state index >= 15 is 0 Å². The Balaban J connectivity index is 1.40. The van der Waals surface area contributed by atoms with Crippen LogP contribution in [0.4, 0.5) is 11.4 Å². The van der Waals surface area contributed by atoms with Gasteiger partial charge in [0.05, 0.1) is 22.4 Å². The van der Waals surface area contributed by atoms with Gasteiger partial charge < -0.3 is 24.8 Å². The summed E-state index contributed by atoms with van der Waals surface area (Å²) in [6, 6.07) is 16.5. The van der Waals surface area contributed by atoms with Gasteiger partial charge in [-0.2, -0.15) is 0 Å². The van der Waals surface area contributed by atoms with E-state index in [1.165, 1.54) is 0 Å². The molecule has 3 N–H and O–H groups in total. The molecule has 2 aliphatic rings. The highest BCUT2D eigenvalue weighted by atomic mass is 35.5. The summed E-state index contributed by atoms with van der Waals surface area (Å²) >= 11 is 6.57. The zero-order valence-corrected chi connectivity index (χ0v) is 18.7. The summed E-state index contributed by atoms with van der Waals surface area (Å²) in [7, 11) is 0. The first-order valence-corrected chi connectivity index (χ1v) is 11.3. The quantitative estimate of drug-likeness (QED) is 0.283. The molecule has 1 atom stereocenters. The molecule has 0 spiro atoms. The molecular formula is C26H20ClN3O4. The summed E-state index contributed by atoms with van der Waals surface area (Å²) in [4.78, 5) is 19.1. The molecule has 1 amide bonds. The van der Waals surface area contributed by atoms with Gasteiger partial charge in [0.25, 0.3) is 5.91 Å². The zero-order chi connectivity index (χ0) is 23.4. The Morgan fingerprint density at radius 3 is 2.71 bits per heavy atom. The molecule has 0 aliphatic carbocycles. The lowest BCUT2D eigenvalue weighted by molar-refractivity contribution is -0.110. The summed E-state index contributed by atoms with van der Waals surface area (Å²) in [5.41, 5.74) is 4.94. The molecule has 0 radical (unpaired) electrons. The number of fused-ring (bicyclic) bond motifs is 2. The number of β-amino-alcohol motifs (C(OH)–C–C–N with tert-alkyl or cyclic N) is 1. The molecule has 7 nitrogen and oxygen atoms in total. The second kappa shape index (κ2) is 7.90. The number of aliphatic hydroxyl groups is 2. The monoisotopic (exact) mass is 473 g/mol. The van der Waals surface area contributed by atoms with Crippen molar-refractivity contribution in [1.29, 1.82) is 0 Å². The highest BCUT2D eigenvalue weighted by molar-refractivity contribution is 6.38. The van der Waals surface area contributed by atoms with Crippen molar-refractivity contribution in [3.63, 3.8) is 0 Å². The first-order valence-electron chi connectivity index (χ1n) is 10.9. The molecule has 2 aromatic carbocycles. The smallest absolute Gasteiger partial charge is 0.260 e. The summed E-state index contributed by atoms with van der Waals surface area (Å²) in [6.07, 6.45) is 2.10. The molecule has 1 saturated heterocycles. The van der Waals surface area contributed by atoms with E-state index in [1.54, 1.807) is 36.5 Å². The van der Waals surface area contributed by atoms with Gasteiger partial charge in [-0.1, -0.05) is 23.7 Å². The van der Waals surface area contributed by atoms with Crippen molar-refractivity contribution in [3.05, 3.63) is 77.1 Å². The van der Waals surface area contributed by atoms with Gasteiger partial charge in [0.15, 0.2) is 17.1 Å². The fourth-order valence-electron chi connectivity index (χ4n) is 4.58. The zero-order valence-electron chi connectivity index (χ0n) is 18.0. The van der Waals surface area contributed by atoms with Crippen LogP contribution in [0.15, 0.2) is 65.2 Å². The molecule has 2 aromatic heterocycles. The van der Waals surface area contributed by atoms with Crippen LogP contribution in [0.25, 0.3) is 33.6 Å². The fourth-order valence-corrected chi connectivity index (χ4v) is 4.86. The van der Waals surface area contributed by atoms with Gasteiger partial charge in [0.1, 0.15) is 5.52 Å². The highest BCUT2D eigenvalue weighted by Crippen LogP contribution is 2.42. The van der Waals surface area contributed by atoms with E-state index in [0.717, 1.165) is 29.8 Å². The first kappa shape index (κ1) is 20.8. The van der Waals surface area contributed by atoms with Gasteiger partial charge in [0, 0.05) is 42.2 Å². The van der Waals surface area contributed by atoms with Gasteiger partial charge in [-0.3, -0.25) is 9.78 Å². The van der Waals surface area contributed by atoms with Crippen LogP contribution in [-0.4, -0.2) is 40.3 Å². The first-order chi connectivity index (χ1) is 16.5. The van der Waals surface area contributed by atoms with Crippen molar-refractivity contribution in [2.45, 2.75) is 12.5 Å². The van der Waals surface area contributed by atoms with Crippen molar-refractivity contribution >= 4 is 51.3 Å². The number of amides is 1. The number of pyridine rings is 1. The molecule has 0 unspecified atom stereocenters. The molecule has 0 bridgehead atoms. The van der Waals surface area contributed by atoms with Crippen LogP contribution < -0.4 is 10.2 Å². The fraction of sp³-hybridized carbons (Fsp3) is 0.154. The molecule has 4 heterocycles. The number of anilines is 2. The van der Waals surface area contributed by atoms with Gasteiger partial charge in [-0.25, -0.2) is 0 Å². The topological polar surface area (TPSA) is 98.8 Å². The van der Waals surface area contributed by atoms with Crippen molar-refractivity contribution < 1.29 is 19.4 Å². The number of carbonyl (C=O) groups excluding carboxylic acids is 1. The number of furan rings is 1. The van der Waals surface area contributed by atoms with Crippen LogP contribution in [0.3, 0.4) is 0 Å². The minimum absolute atomic E-state index is 0.120. The van der Waals surface area contributed by atoms with E-state index in [-0.39, 0.29) is 23.2 Å². The van der Waals surface area contributed by atoms with Gasteiger partial charge >= 0.3 is 0 Å². The second-order valence-electron chi connectivity index (χ2n) is 8.49. The number of rotatable bonds is 3. The van der Waals surface area contributed by atoms with E-state index < -0.39 is 5.91 Å². The highest BCUT2D eigenvalue weighted by Gasteiger charge is 2.31. The molecule has 34 heavy (non-hydrogen) atoms. The Labute approximate surface area is 199 Å². The predicted octanol–water partition coefficient (Wildman–Crippen LogP) is 5.10. The molecule has 170 valence electrons. The third kappa shape index (κ3) is 3.41. The Bertz CT molecular complexity index is 1440. The maximum absolute atomic E-state index is 12.8. The average molecular weight is 474 g/mol. The minimum Gasteiger partial charge on any atom is -0.504 e. The minimum atomic E-state index is -0.433. The molecular weight excluding hydrogens is 454 g/mol. The Kier molecular flexibility index (Phi) is 4.83. The van der Waals surface area contributed by atoms with E-state index in [4.69, 9.17) is 16.0 Å². The lowest BCUT2D eigenvalue weighted by Gasteiger charge is -2.18. The van der Waals surface area contributed by atoms with Crippen LogP contribution in [0.2, 0.25) is 5.02 Å². The molecule has 0 saturated carbocycles. The number of nitrogens with one attached hydrogen (secondary N) is 1. The summed E-state index contributed by atoms with van der Waals surface area (Å²) < 4.78 is 5.71. The molecule has 8 heteroatoms. The predicted molar refractivity (Wildman–Crippen MR) is 132 cm³/mol. The lowest BCUT2D eigenvalue weighted by atomic mass is 9.98. The Hall–Kier alpha value is -3.81. The van der Waals surface area contributed by atoms with Gasteiger partial charge in [-0.05, 0) is 48.4 Å². The SMILES string of the molecule is O=C1Nc2cc(Cl)c(-c3ccc(N4CC[C@H](O)C4)cc3)cc2C1=C(O)c1cc2ncccc2o1. The number of aliphatic hydroxyl groups excluding tert-OH is 2. The number of halogens is 1. The summed E-state index contributed by atoms with van der Waals surface area (Å²) in [5, 5.41) is 24.0. The van der Waals surface area contributed by atoms with Crippen molar-refractivity contribution in [2.24, 2.45) is 0 Å².